The molecule has 104 valence electrons. The Hall–Kier alpha value is -1.75. The van der Waals surface area contributed by atoms with Crippen LogP contribution in [0.2, 0.25) is 0 Å². The third-order valence-corrected chi connectivity index (χ3v) is 3.73. The Bertz CT molecular complexity index is 466. The minimum Gasteiger partial charge on any atom is -0.504 e. The molecule has 0 spiro atoms. The average molecular weight is 264 g/mol. The first kappa shape index (κ1) is 13.7. The number of benzene rings is 1. The maximum atomic E-state index is 12.3. The molecule has 1 heterocycles. The quantitative estimate of drug-likeness (QED) is 0.789. The van der Waals surface area contributed by atoms with Crippen molar-refractivity contribution in [3.8, 4) is 11.5 Å². The standard InChI is InChI=1S/C14H20N2O3/c1-15(2)10-6-8-16(9-7-10)14(19)11-4-3-5-12(17)13(11)18/h3-5,10,17-18H,6-9H2,1-2H3. The van der Waals surface area contributed by atoms with Crippen LogP contribution in [0.1, 0.15) is 23.2 Å². The van der Waals surface area contributed by atoms with Crippen LogP contribution in [0.15, 0.2) is 18.2 Å². The van der Waals surface area contributed by atoms with Crippen molar-refractivity contribution in [2.24, 2.45) is 0 Å². The maximum Gasteiger partial charge on any atom is 0.257 e. The third-order valence-electron chi connectivity index (χ3n) is 3.73. The van der Waals surface area contributed by atoms with Crippen LogP contribution in [0.5, 0.6) is 11.5 Å². The Morgan fingerprint density at radius 1 is 1.26 bits per heavy atom. The molecule has 2 N–H and O–H groups in total. The lowest BCUT2D eigenvalue weighted by atomic mass is 10.0. The van der Waals surface area contributed by atoms with Gasteiger partial charge in [-0.3, -0.25) is 4.79 Å². The molecular weight excluding hydrogens is 244 g/mol. The summed E-state index contributed by atoms with van der Waals surface area (Å²) < 4.78 is 0. The normalized spacial score (nSPS) is 16.9. The number of aromatic hydroxyl groups is 2. The van der Waals surface area contributed by atoms with E-state index in [1.54, 1.807) is 11.0 Å². The molecule has 5 heteroatoms. The second-order valence-corrected chi connectivity index (χ2v) is 5.16. The first-order valence-electron chi connectivity index (χ1n) is 6.47. The average Bonchev–Trinajstić information content (AvgIpc) is 2.41. The first-order chi connectivity index (χ1) is 9.00. The number of hydrogen-bond donors (Lipinski definition) is 2. The summed E-state index contributed by atoms with van der Waals surface area (Å²) >= 11 is 0. The van der Waals surface area contributed by atoms with Gasteiger partial charge in [-0.1, -0.05) is 6.07 Å². The topological polar surface area (TPSA) is 64.0 Å². The highest BCUT2D eigenvalue weighted by molar-refractivity contribution is 5.97. The highest BCUT2D eigenvalue weighted by Gasteiger charge is 2.26. The number of hydrogen-bond acceptors (Lipinski definition) is 4. The summed E-state index contributed by atoms with van der Waals surface area (Å²) in [5.74, 6) is -0.804. The van der Waals surface area contributed by atoms with Crippen LogP contribution in [-0.4, -0.2) is 59.1 Å². The molecular formula is C14H20N2O3. The Morgan fingerprint density at radius 3 is 2.47 bits per heavy atom. The zero-order chi connectivity index (χ0) is 14.0. The number of carbonyl (C=O) groups is 1. The molecule has 19 heavy (non-hydrogen) atoms. The van der Waals surface area contributed by atoms with Gasteiger partial charge in [0, 0.05) is 19.1 Å². The van der Waals surface area contributed by atoms with Crippen molar-refractivity contribution in [2.45, 2.75) is 18.9 Å². The van der Waals surface area contributed by atoms with Crippen molar-refractivity contribution >= 4 is 5.91 Å². The molecule has 0 aromatic heterocycles. The molecule has 1 fully saturated rings. The summed E-state index contributed by atoms with van der Waals surface area (Å²) in [6.45, 7) is 1.35. The van der Waals surface area contributed by atoms with E-state index < -0.39 is 0 Å². The van der Waals surface area contributed by atoms with E-state index in [0.29, 0.717) is 19.1 Å². The van der Waals surface area contributed by atoms with Gasteiger partial charge in [-0.2, -0.15) is 0 Å². The molecule has 0 saturated carbocycles. The van der Waals surface area contributed by atoms with Crippen LogP contribution in [0.3, 0.4) is 0 Å². The van der Waals surface area contributed by atoms with Crippen molar-refractivity contribution in [3.63, 3.8) is 0 Å². The lowest BCUT2D eigenvalue weighted by Gasteiger charge is -2.35. The maximum absolute atomic E-state index is 12.3. The van der Waals surface area contributed by atoms with E-state index in [1.165, 1.54) is 12.1 Å². The van der Waals surface area contributed by atoms with Crippen molar-refractivity contribution in [1.29, 1.82) is 0 Å². The van der Waals surface area contributed by atoms with Crippen LogP contribution in [0, 0.1) is 0 Å². The predicted molar refractivity (Wildman–Crippen MR) is 72.4 cm³/mol. The molecule has 0 aliphatic carbocycles. The summed E-state index contributed by atoms with van der Waals surface area (Å²) in [6.07, 6.45) is 1.86. The van der Waals surface area contributed by atoms with Gasteiger partial charge in [0.1, 0.15) is 0 Å². The van der Waals surface area contributed by atoms with E-state index in [2.05, 4.69) is 4.90 Å². The molecule has 1 aromatic rings. The Balaban J connectivity index is 2.07. The zero-order valence-corrected chi connectivity index (χ0v) is 11.3. The lowest BCUT2D eigenvalue weighted by Crippen LogP contribution is -2.44. The summed E-state index contributed by atoms with van der Waals surface area (Å²) in [5.41, 5.74) is 0.170. The number of nitrogens with zero attached hydrogens (tertiary/aromatic N) is 2. The van der Waals surface area contributed by atoms with E-state index in [0.717, 1.165) is 12.8 Å². The van der Waals surface area contributed by atoms with Gasteiger partial charge >= 0.3 is 0 Å². The fraction of sp³-hybridized carbons (Fsp3) is 0.500. The second kappa shape index (κ2) is 5.48. The lowest BCUT2D eigenvalue weighted by molar-refractivity contribution is 0.0659. The van der Waals surface area contributed by atoms with E-state index in [4.69, 9.17) is 0 Å². The van der Waals surface area contributed by atoms with Gasteiger partial charge in [0.2, 0.25) is 0 Å². The number of piperidine rings is 1. The van der Waals surface area contributed by atoms with Crippen LogP contribution in [0.4, 0.5) is 0 Å². The van der Waals surface area contributed by atoms with Gasteiger partial charge < -0.3 is 20.0 Å². The van der Waals surface area contributed by atoms with E-state index in [-0.39, 0.29) is 23.0 Å². The zero-order valence-electron chi connectivity index (χ0n) is 11.3. The molecule has 1 saturated heterocycles. The summed E-state index contributed by atoms with van der Waals surface area (Å²) in [6, 6.07) is 4.97. The van der Waals surface area contributed by atoms with Crippen LogP contribution >= 0.6 is 0 Å². The smallest absolute Gasteiger partial charge is 0.257 e. The molecule has 5 nitrogen and oxygen atoms in total. The number of para-hydroxylation sites is 1. The predicted octanol–water partition coefficient (Wildman–Crippen LogP) is 1.26. The molecule has 1 aromatic carbocycles. The largest absolute Gasteiger partial charge is 0.504 e. The monoisotopic (exact) mass is 264 g/mol. The Labute approximate surface area is 113 Å². The van der Waals surface area contributed by atoms with Crippen molar-refractivity contribution in [2.75, 3.05) is 27.2 Å². The van der Waals surface area contributed by atoms with Crippen LogP contribution < -0.4 is 0 Å². The third kappa shape index (κ3) is 2.81. The molecule has 1 aliphatic rings. The second-order valence-electron chi connectivity index (χ2n) is 5.16. The van der Waals surface area contributed by atoms with Gasteiger partial charge in [-0.25, -0.2) is 0 Å². The van der Waals surface area contributed by atoms with Crippen molar-refractivity contribution < 1.29 is 15.0 Å². The van der Waals surface area contributed by atoms with Crippen molar-refractivity contribution in [3.05, 3.63) is 23.8 Å². The number of carbonyl (C=O) groups excluding carboxylic acids is 1. The van der Waals surface area contributed by atoms with Gasteiger partial charge in [0.25, 0.3) is 5.91 Å². The van der Waals surface area contributed by atoms with Crippen molar-refractivity contribution in [1.82, 2.24) is 9.80 Å². The minimum absolute atomic E-state index is 0.170. The molecule has 0 unspecified atom stereocenters. The van der Waals surface area contributed by atoms with Gasteiger partial charge in [-0.15, -0.1) is 0 Å². The SMILES string of the molecule is CN(C)C1CCN(C(=O)c2cccc(O)c2O)CC1. The highest BCUT2D eigenvalue weighted by Crippen LogP contribution is 2.29. The highest BCUT2D eigenvalue weighted by atomic mass is 16.3. The first-order valence-corrected chi connectivity index (χ1v) is 6.47. The number of phenols is 2. The van der Waals surface area contributed by atoms with Crippen LogP contribution in [-0.2, 0) is 0 Å². The number of phenolic OH excluding ortho intramolecular Hbond substituents is 2. The van der Waals surface area contributed by atoms with Crippen LogP contribution in [0.25, 0.3) is 0 Å². The molecule has 2 rings (SSSR count). The summed E-state index contributed by atoms with van der Waals surface area (Å²) in [5, 5.41) is 19.2. The van der Waals surface area contributed by atoms with E-state index in [1.807, 2.05) is 14.1 Å². The Kier molecular flexibility index (Phi) is 3.95. The number of amides is 1. The van der Waals surface area contributed by atoms with E-state index >= 15 is 0 Å². The molecule has 0 bridgehead atoms. The summed E-state index contributed by atoms with van der Waals surface area (Å²) in [7, 11) is 4.09. The number of rotatable bonds is 2. The Morgan fingerprint density at radius 2 is 1.89 bits per heavy atom. The minimum atomic E-state index is -0.331. The molecule has 0 radical (unpaired) electrons. The van der Waals surface area contributed by atoms with Gasteiger partial charge in [0.05, 0.1) is 5.56 Å². The van der Waals surface area contributed by atoms with Gasteiger partial charge in [-0.05, 0) is 39.1 Å². The van der Waals surface area contributed by atoms with E-state index in [9.17, 15) is 15.0 Å². The molecule has 0 atom stereocenters. The van der Waals surface area contributed by atoms with Gasteiger partial charge in [0.15, 0.2) is 11.5 Å². The summed E-state index contributed by atoms with van der Waals surface area (Å²) in [4.78, 5) is 16.2. The fourth-order valence-electron chi connectivity index (χ4n) is 2.46. The molecule has 1 aliphatic heterocycles. The molecule has 1 amide bonds. The fourth-order valence-corrected chi connectivity index (χ4v) is 2.46. The number of likely N-dealkylation sites (tertiary alicyclic amines) is 1.